The fraction of sp³-hybridized carbons (Fsp3) is 0.286. The number of imide groups is 1. The molecular weight excluding hydrogens is 411 g/mol. The summed E-state index contributed by atoms with van der Waals surface area (Å²) >= 11 is 12.2. The van der Waals surface area contributed by atoms with Gasteiger partial charge in [0.05, 0.1) is 17.3 Å². The second-order valence-corrected chi connectivity index (χ2v) is 8.39. The molecular formula is C21H18Cl2N4O2. The van der Waals surface area contributed by atoms with Gasteiger partial charge in [0.15, 0.2) is 0 Å². The van der Waals surface area contributed by atoms with Crippen molar-refractivity contribution in [1.82, 2.24) is 9.80 Å². The number of amides is 3. The van der Waals surface area contributed by atoms with Crippen LogP contribution in [0.25, 0.3) is 0 Å². The smallest absolute Gasteiger partial charge is 0.310 e. The van der Waals surface area contributed by atoms with Crippen molar-refractivity contribution < 1.29 is 9.59 Å². The summed E-state index contributed by atoms with van der Waals surface area (Å²) in [4.78, 5) is 31.6. The van der Waals surface area contributed by atoms with Gasteiger partial charge >= 0.3 is 6.03 Å². The molecule has 148 valence electrons. The van der Waals surface area contributed by atoms with E-state index in [0.717, 1.165) is 10.5 Å². The van der Waals surface area contributed by atoms with Crippen LogP contribution in [0.5, 0.6) is 0 Å². The highest BCUT2D eigenvalue weighted by molar-refractivity contribution is 6.35. The maximum Gasteiger partial charge on any atom is 0.332 e. The van der Waals surface area contributed by atoms with Crippen LogP contribution in [0.15, 0.2) is 42.5 Å². The maximum absolute atomic E-state index is 13.7. The van der Waals surface area contributed by atoms with Gasteiger partial charge in [-0.15, -0.1) is 0 Å². The number of hydrogen-bond donors (Lipinski definition) is 0. The lowest BCUT2D eigenvalue weighted by atomic mass is 9.80. The third-order valence-electron chi connectivity index (χ3n) is 5.78. The van der Waals surface area contributed by atoms with Crippen LogP contribution in [0, 0.1) is 11.3 Å². The van der Waals surface area contributed by atoms with Gasteiger partial charge in [-0.05, 0) is 42.9 Å². The molecule has 0 bridgehead atoms. The number of urea groups is 1. The van der Waals surface area contributed by atoms with E-state index in [1.165, 1.54) is 4.90 Å². The molecule has 0 radical (unpaired) electrons. The van der Waals surface area contributed by atoms with E-state index in [1.807, 2.05) is 24.1 Å². The molecule has 4 rings (SSSR count). The van der Waals surface area contributed by atoms with Gasteiger partial charge in [-0.2, -0.15) is 5.26 Å². The zero-order valence-electron chi connectivity index (χ0n) is 15.9. The van der Waals surface area contributed by atoms with Crippen LogP contribution in [-0.2, 0) is 4.79 Å². The summed E-state index contributed by atoms with van der Waals surface area (Å²) in [6.07, 6.45) is 0. The summed E-state index contributed by atoms with van der Waals surface area (Å²) in [5.41, 5.74) is 0.766. The molecule has 3 amide bonds. The number of likely N-dealkylation sites (tertiary alicyclic amines) is 1. The highest BCUT2D eigenvalue weighted by atomic mass is 35.5. The molecule has 2 atom stereocenters. The highest BCUT2D eigenvalue weighted by Gasteiger charge is 2.63. The van der Waals surface area contributed by atoms with Gasteiger partial charge in [0, 0.05) is 36.1 Å². The van der Waals surface area contributed by atoms with Crippen LogP contribution in [0.1, 0.15) is 17.0 Å². The Bertz CT molecular complexity index is 1030. The molecule has 0 aromatic heterocycles. The topological polar surface area (TPSA) is 67.6 Å². The number of benzene rings is 2. The fourth-order valence-electron chi connectivity index (χ4n) is 4.42. The number of nitrogens with zero attached hydrogens (tertiary/aromatic N) is 4. The third kappa shape index (κ3) is 2.98. The van der Waals surface area contributed by atoms with E-state index in [0.29, 0.717) is 34.4 Å². The van der Waals surface area contributed by atoms with Crippen molar-refractivity contribution in [3.05, 3.63) is 63.6 Å². The van der Waals surface area contributed by atoms with E-state index < -0.39 is 11.6 Å². The number of nitriles is 1. The molecule has 2 aromatic rings. The largest absolute Gasteiger partial charge is 0.332 e. The van der Waals surface area contributed by atoms with Crippen molar-refractivity contribution in [3.63, 3.8) is 0 Å². The van der Waals surface area contributed by atoms with Crippen molar-refractivity contribution in [2.45, 2.75) is 11.5 Å². The van der Waals surface area contributed by atoms with Gasteiger partial charge < -0.3 is 9.80 Å². The molecule has 6 nitrogen and oxygen atoms in total. The highest BCUT2D eigenvalue weighted by Crippen LogP contribution is 2.46. The van der Waals surface area contributed by atoms with Gasteiger partial charge in [-0.25, -0.2) is 9.69 Å². The Balaban J connectivity index is 1.81. The second kappa shape index (κ2) is 7.03. The van der Waals surface area contributed by atoms with Crippen molar-refractivity contribution >= 4 is 40.8 Å². The second-order valence-electron chi connectivity index (χ2n) is 7.52. The Hall–Kier alpha value is -2.59. The molecule has 0 saturated carbocycles. The minimum Gasteiger partial charge on any atom is -0.310 e. The standard InChI is InChI=1S/C21H18Cl2N4O2/c1-25-11-18(14-5-3-13(10-24)4-6-14)21(12-25)19(28)27(20(29)26(21)2)17-8-15(22)7-16(23)9-17/h3-9,18H,11-12H2,1-2H3. The molecule has 2 fully saturated rings. The summed E-state index contributed by atoms with van der Waals surface area (Å²) < 4.78 is 0. The average molecular weight is 429 g/mol. The predicted molar refractivity (Wildman–Crippen MR) is 111 cm³/mol. The lowest BCUT2D eigenvalue weighted by Crippen LogP contribution is -2.53. The number of halogens is 2. The van der Waals surface area contributed by atoms with E-state index in [1.54, 1.807) is 37.4 Å². The molecule has 2 aromatic carbocycles. The molecule has 2 unspecified atom stereocenters. The minimum atomic E-state index is -1.05. The quantitative estimate of drug-likeness (QED) is 0.683. The first-order chi connectivity index (χ1) is 13.8. The summed E-state index contributed by atoms with van der Waals surface area (Å²) in [5, 5.41) is 9.77. The first-order valence-corrected chi connectivity index (χ1v) is 9.80. The van der Waals surface area contributed by atoms with Crippen LogP contribution >= 0.6 is 23.2 Å². The van der Waals surface area contributed by atoms with Crippen LogP contribution in [0.3, 0.4) is 0 Å². The molecule has 0 N–H and O–H groups in total. The average Bonchev–Trinajstić information content (AvgIpc) is 3.12. The van der Waals surface area contributed by atoms with E-state index in [2.05, 4.69) is 6.07 Å². The summed E-state index contributed by atoms with van der Waals surface area (Å²) in [5.74, 6) is -0.539. The van der Waals surface area contributed by atoms with E-state index >= 15 is 0 Å². The van der Waals surface area contributed by atoms with Gasteiger partial charge in [-0.3, -0.25) is 4.79 Å². The fourth-order valence-corrected chi connectivity index (χ4v) is 4.93. The minimum absolute atomic E-state index is 0.235. The number of likely N-dealkylation sites (N-methyl/N-ethyl adjacent to an activating group) is 2. The number of carbonyl (C=O) groups is 2. The lowest BCUT2D eigenvalue weighted by molar-refractivity contribution is -0.124. The molecule has 1 spiro atoms. The number of rotatable bonds is 2. The van der Waals surface area contributed by atoms with Crippen molar-refractivity contribution in [2.24, 2.45) is 0 Å². The molecule has 2 aliphatic rings. The van der Waals surface area contributed by atoms with Crippen LogP contribution < -0.4 is 4.90 Å². The zero-order chi connectivity index (χ0) is 20.9. The maximum atomic E-state index is 13.7. The zero-order valence-corrected chi connectivity index (χ0v) is 17.4. The SMILES string of the molecule is CN1CC(c2ccc(C#N)cc2)C2(C1)C(=O)N(c1cc(Cl)cc(Cl)c1)C(=O)N2C. The van der Waals surface area contributed by atoms with Gasteiger partial charge in [0.2, 0.25) is 0 Å². The summed E-state index contributed by atoms with van der Waals surface area (Å²) in [6.45, 7) is 1.02. The molecule has 2 heterocycles. The van der Waals surface area contributed by atoms with Crippen molar-refractivity contribution in [3.8, 4) is 6.07 Å². The predicted octanol–water partition coefficient (Wildman–Crippen LogP) is 3.73. The van der Waals surface area contributed by atoms with E-state index in [4.69, 9.17) is 28.5 Å². The lowest BCUT2D eigenvalue weighted by Gasteiger charge is -2.33. The van der Waals surface area contributed by atoms with Crippen LogP contribution in [0.2, 0.25) is 10.0 Å². The Labute approximate surface area is 178 Å². The molecule has 8 heteroatoms. The third-order valence-corrected chi connectivity index (χ3v) is 6.22. The first-order valence-electron chi connectivity index (χ1n) is 9.05. The van der Waals surface area contributed by atoms with Gasteiger partial charge in [0.1, 0.15) is 5.54 Å². The summed E-state index contributed by atoms with van der Waals surface area (Å²) in [7, 11) is 3.58. The van der Waals surface area contributed by atoms with Crippen LogP contribution in [-0.4, -0.2) is 54.5 Å². The molecule has 2 saturated heterocycles. The Morgan fingerprint density at radius 1 is 1.07 bits per heavy atom. The van der Waals surface area contributed by atoms with E-state index in [-0.39, 0.29) is 11.8 Å². The number of carbonyl (C=O) groups excluding carboxylic acids is 2. The Morgan fingerprint density at radius 2 is 1.69 bits per heavy atom. The van der Waals surface area contributed by atoms with Crippen molar-refractivity contribution in [1.29, 1.82) is 5.26 Å². The van der Waals surface area contributed by atoms with Crippen LogP contribution in [0.4, 0.5) is 10.5 Å². The molecule has 29 heavy (non-hydrogen) atoms. The molecule has 2 aliphatic heterocycles. The molecule has 0 aliphatic carbocycles. The van der Waals surface area contributed by atoms with E-state index in [9.17, 15) is 9.59 Å². The summed E-state index contributed by atoms with van der Waals surface area (Å²) in [6, 6.07) is 13.5. The normalized spacial score (nSPS) is 24.6. The first kappa shape index (κ1) is 19.7. The van der Waals surface area contributed by atoms with Gasteiger partial charge in [-0.1, -0.05) is 35.3 Å². The Kier molecular flexibility index (Phi) is 4.78. The van der Waals surface area contributed by atoms with Crippen molar-refractivity contribution in [2.75, 3.05) is 32.1 Å². The van der Waals surface area contributed by atoms with Gasteiger partial charge in [0.25, 0.3) is 5.91 Å². The number of anilines is 1. The number of hydrogen-bond acceptors (Lipinski definition) is 4. The monoisotopic (exact) mass is 428 g/mol. The Morgan fingerprint density at radius 3 is 2.28 bits per heavy atom.